The Hall–Kier alpha value is -1.40. The number of thioether (sulfide) groups is 2. The first-order chi connectivity index (χ1) is 9.78. The molecule has 2 aromatic rings. The summed E-state index contributed by atoms with van der Waals surface area (Å²) >= 11 is 3.35. The number of benzene rings is 1. The Kier molecular flexibility index (Phi) is 2.82. The van der Waals surface area contributed by atoms with Gasteiger partial charge in [0.05, 0.1) is 22.7 Å². The summed E-state index contributed by atoms with van der Waals surface area (Å²) in [4.78, 5) is 6.66. The molecule has 3 heterocycles. The van der Waals surface area contributed by atoms with Crippen LogP contribution in [0.2, 0.25) is 0 Å². The SMILES string of the molecule is CSC1=C(c2cc(F)c3occc3c2)N2CCN=C2S1. The highest BCUT2D eigenvalue weighted by atomic mass is 32.2. The van der Waals surface area contributed by atoms with E-state index in [1.54, 1.807) is 35.7 Å². The Balaban J connectivity index is 1.90. The molecule has 0 N–H and O–H groups in total. The highest BCUT2D eigenvalue weighted by molar-refractivity contribution is 8.30. The van der Waals surface area contributed by atoms with Gasteiger partial charge in [0.15, 0.2) is 16.6 Å². The summed E-state index contributed by atoms with van der Waals surface area (Å²) in [5, 5.41) is 1.82. The van der Waals surface area contributed by atoms with Crippen molar-refractivity contribution in [3.05, 3.63) is 40.1 Å². The van der Waals surface area contributed by atoms with E-state index in [9.17, 15) is 4.39 Å². The number of fused-ring (bicyclic) bond motifs is 2. The van der Waals surface area contributed by atoms with E-state index in [4.69, 9.17) is 4.42 Å². The quantitative estimate of drug-likeness (QED) is 0.839. The summed E-state index contributed by atoms with van der Waals surface area (Å²) in [6.45, 7) is 1.68. The first-order valence-electron chi connectivity index (χ1n) is 6.23. The van der Waals surface area contributed by atoms with E-state index < -0.39 is 0 Å². The lowest BCUT2D eigenvalue weighted by Crippen LogP contribution is -2.20. The highest BCUT2D eigenvalue weighted by Crippen LogP contribution is 2.46. The minimum Gasteiger partial charge on any atom is -0.461 e. The van der Waals surface area contributed by atoms with Gasteiger partial charge in [-0.05, 0) is 36.2 Å². The summed E-state index contributed by atoms with van der Waals surface area (Å²) in [7, 11) is 0. The number of hydrogen-bond acceptors (Lipinski definition) is 5. The molecule has 0 fully saturated rings. The van der Waals surface area contributed by atoms with Gasteiger partial charge in [0, 0.05) is 17.5 Å². The van der Waals surface area contributed by atoms with Crippen molar-refractivity contribution in [2.75, 3.05) is 19.3 Å². The molecule has 0 radical (unpaired) electrons. The Labute approximate surface area is 123 Å². The summed E-state index contributed by atoms with van der Waals surface area (Å²) < 4.78 is 20.5. The molecule has 0 unspecified atom stereocenters. The van der Waals surface area contributed by atoms with Gasteiger partial charge in [0.1, 0.15) is 0 Å². The molecule has 0 bridgehead atoms. The van der Waals surface area contributed by atoms with Gasteiger partial charge in [-0.3, -0.25) is 4.99 Å². The van der Waals surface area contributed by atoms with Crippen molar-refractivity contribution >= 4 is 45.4 Å². The molecule has 1 aromatic heterocycles. The minimum atomic E-state index is -0.315. The van der Waals surface area contributed by atoms with Crippen molar-refractivity contribution in [1.29, 1.82) is 0 Å². The van der Waals surface area contributed by atoms with Gasteiger partial charge in [-0.25, -0.2) is 4.39 Å². The van der Waals surface area contributed by atoms with Crippen molar-refractivity contribution in [3.8, 4) is 0 Å². The van der Waals surface area contributed by atoms with Gasteiger partial charge in [-0.2, -0.15) is 0 Å². The number of halogens is 1. The second-order valence-corrected chi connectivity index (χ2v) is 6.61. The molecule has 4 rings (SSSR count). The van der Waals surface area contributed by atoms with Crippen LogP contribution in [0, 0.1) is 5.82 Å². The molecular weight excluding hydrogens is 295 g/mol. The fourth-order valence-corrected chi connectivity index (χ4v) is 4.47. The maximum absolute atomic E-state index is 14.1. The second kappa shape index (κ2) is 4.56. The number of hydrogen-bond donors (Lipinski definition) is 0. The van der Waals surface area contributed by atoms with Crippen LogP contribution in [0.3, 0.4) is 0 Å². The van der Waals surface area contributed by atoms with Gasteiger partial charge in [0.25, 0.3) is 0 Å². The van der Waals surface area contributed by atoms with E-state index in [1.165, 1.54) is 10.5 Å². The fourth-order valence-electron chi connectivity index (χ4n) is 2.55. The van der Waals surface area contributed by atoms with E-state index >= 15 is 0 Å². The first kappa shape index (κ1) is 12.3. The third kappa shape index (κ3) is 1.71. The van der Waals surface area contributed by atoms with Crippen LogP contribution in [-0.4, -0.2) is 29.4 Å². The molecule has 6 heteroatoms. The van der Waals surface area contributed by atoms with Crippen molar-refractivity contribution < 1.29 is 8.81 Å². The monoisotopic (exact) mass is 306 g/mol. The van der Waals surface area contributed by atoms with E-state index in [0.717, 1.165) is 34.9 Å². The molecule has 3 nitrogen and oxygen atoms in total. The molecule has 0 aliphatic carbocycles. The second-order valence-electron chi connectivity index (χ2n) is 4.56. The molecule has 1 aromatic carbocycles. The largest absolute Gasteiger partial charge is 0.461 e. The van der Waals surface area contributed by atoms with E-state index in [0.29, 0.717) is 5.58 Å². The number of nitrogens with zero attached hydrogens (tertiary/aromatic N) is 2. The third-order valence-electron chi connectivity index (χ3n) is 3.41. The molecule has 0 amide bonds. The van der Waals surface area contributed by atoms with Crippen molar-refractivity contribution in [2.45, 2.75) is 0 Å². The molecule has 0 atom stereocenters. The van der Waals surface area contributed by atoms with Crippen molar-refractivity contribution in [2.24, 2.45) is 4.99 Å². The zero-order chi connectivity index (χ0) is 13.7. The smallest absolute Gasteiger partial charge is 0.169 e. The van der Waals surface area contributed by atoms with Crippen LogP contribution in [0.5, 0.6) is 0 Å². The number of aliphatic imine (C=N–C) groups is 1. The summed E-state index contributed by atoms with van der Waals surface area (Å²) in [6.07, 6.45) is 3.56. The van der Waals surface area contributed by atoms with Crippen molar-refractivity contribution in [3.63, 3.8) is 0 Å². The van der Waals surface area contributed by atoms with Gasteiger partial charge < -0.3 is 9.32 Å². The first-order valence-corrected chi connectivity index (χ1v) is 8.27. The average Bonchev–Trinajstić information content (AvgIpc) is 3.12. The van der Waals surface area contributed by atoms with Crippen LogP contribution in [0.25, 0.3) is 16.7 Å². The molecule has 20 heavy (non-hydrogen) atoms. The standard InChI is InChI=1S/C14H11FN2OS2/c1-19-13-11(17-4-3-16-14(17)20-13)9-6-8-2-5-18-12(8)10(15)7-9/h2,5-7H,3-4H2,1H3. The number of furan rings is 1. The fraction of sp³-hybridized carbons (Fsp3) is 0.214. The summed E-state index contributed by atoms with van der Waals surface area (Å²) in [5.74, 6) is -0.315. The predicted molar refractivity (Wildman–Crippen MR) is 83.2 cm³/mol. The lowest BCUT2D eigenvalue weighted by atomic mass is 10.1. The zero-order valence-electron chi connectivity index (χ0n) is 10.7. The lowest BCUT2D eigenvalue weighted by Gasteiger charge is -2.17. The summed E-state index contributed by atoms with van der Waals surface area (Å²) in [6, 6.07) is 5.33. The predicted octanol–water partition coefficient (Wildman–Crippen LogP) is 3.98. The highest BCUT2D eigenvalue weighted by Gasteiger charge is 2.33. The minimum absolute atomic E-state index is 0.315. The van der Waals surface area contributed by atoms with E-state index in [-0.39, 0.29) is 5.82 Å². The van der Waals surface area contributed by atoms with Crippen LogP contribution < -0.4 is 0 Å². The van der Waals surface area contributed by atoms with Crippen molar-refractivity contribution in [1.82, 2.24) is 4.90 Å². The normalized spacial score (nSPS) is 18.1. The number of rotatable bonds is 2. The lowest BCUT2D eigenvalue weighted by molar-refractivity contribution is 0.559. The van der Waals surface area contributed by atoms with Gasteiger partial charge in [0.2, 0.25) is 0 Å². The van der Waals surface area contributed by atoms with E-state index in [2.05, 4.69) is 9.89 Å². The zero-order valence-corrected chi connectivity index (χ0v) is 12.4. The van der Waals surface area contributed by atoms with Crippen LogP contribution >= 0.6 is 23.5 Å². The van der Waals surface area contributed by atoms with E-state index in [1.807, 2.05) is 12.3 Å². The van der Waals surface area contributed by atoms with Gasteiger partial charge in [-0.15, -0.1) is 11.8 Å². The topological polar surface area (TPSA) is 28.7 Å². The Morgan fingerprint density at radius 1 is 1.45 bits per heavy atom. The molecular formula is C14H11FN2OS2. The molecule has 0 spiro atoms. The Morgan fingerprint density at radius 3 is 3.20 bits per heavy atom. The van der Waals surface area contributed by atoms with Crippen LogP contribution in [0.1, 0.15) is 5.56 Å². The van der Waals surface area contributed by atoms with Gasteiger partial charge in [-0.1, -0.05) is 0 Å². The molecule has 2 aliphatic heterocycles. The van der Waals surface area contributed by atoms with Crippen LogP contribution in [0.15, 0.2) is 38.1 Å². The average molecular weight is 306 g/mol. The molecule has 0 saturated carbocycles. The maximum atomic E-state index is 14.1. The molecule has 102 valence electrons. The van der Waals surface area contributed by atoms with Crippen LogP contribution in [-0.2, 0) is 0 Å². The maximum Gasteiger partial charge on any atom is 0.169 e. The Bertz CT molecular complexity index is 766. The molecule has 0 saturated heterocycles. The Morgan fingerprint density at radius 2 is 2.35 bits per heavy atom. The van der Waals surface area contributed by atoms with Crippen LogP contribution in [0.4, 0.5) is 4.39 Å². The summed E-state index contributed by atoms with van der Waals surface area (Å²) in [5.41, 5.74) is 2.28. The van der Waals surface area contributed by atoms with Gasteiger partial charge >= 0.3 is 0 Å². The molecule has 2 aliphatic rings. The number of amidine groups is 1. The third-order valence-corrected chi connectivity index (χ3v) is 5.64.